The Morgan fingerprint density at radius 3 is 2.63 bits per heavy atom. The Kier molecular flexibility index (Phi) is 3.98. The number of amides is 1. The van der Waals surface area contributed by atoms with Crippen molar-refractivity contribution in [2.24, 2.45) is 0 Å². The molecule has 0 fully saturated rings. The van der Waals surface area contributed by atoms with Crippen molar-refractivity contribution in [1.29, 1.82) is 0 Å². The molecule has 0 bridgehead atoms. The number of nitrogens with one attached hydrogen (secondary N) is 1. The molecule has 2 aromatic rings. The molecular weight excluding hydrogens is 285 g/mol. The van der Waals surface area contributed by atoms with Crippen molar-refractivity contribution in [3.8, 4) is 5.75 Å². The molecule has 0 spiro atoms. The minimum atomic E-state index is -0.443. The van der Waals surface area contributed by atoms with Gasteiger partial charge in [0.25, 0.3) is 5.91 Å². The lowest BCUT2D eigenvalue weighted by molar-refractivity contribution is 0.102. The van der Waals surface area contributed by atoms with E-state index in [0.29, 0.717) is 10.7 Å². The van der Waals surface area contributed by atoms with Crippen molar-refractivity contribution in [3.63, 3.8) is 0 Å². The number of carbonyl (C=O) groups is 1. The largest absolute Gasteiger partial charge is 0.507 e. The number of hydrogen-bond acceptors (Lipinski definition) is 2. The first kappa shape index (κ1) is 13.7. The Bertz CT molecular complexity index is 641. The van der Waals surface area contributed by atoms with Gasteiger partial charge in [0.05, 0.1) is 21.3 Å². The number of benzene rings is 2. The maximum absolute atomic E-state index is 12.0. The number of halogens is 2. The van der Waals surface area contributed by atoms with E-state index in [0.717, 1.165) is 5.56 Å². The molecule has 0 radical (unpaired) electrons. The predicted molar refractivity (Wildman–Crippen MR) is 77.3 cm³/mol. The van der Waals surface area contributed by atoms with E-state index in [2.05, 4.69) is 5.32 Å². The minimum Gasteiger partial charge on any atom is -0.507 e. The third-order valence-electron chi connectivity index (χ3n) is 2.60. The highest BCUT2D eigenvalue weighted by molar-refractivity contribution is 6.44. The second kappa shape index (κ2) is 5.51. The molecule has 0 saturated carbocycles. The van der Waals surface area contributed by atoms with Gasteiger partial charge in [-0.15, -0.1) is 0 Å². The van der Waals surface area contributed by atoms with E-state index >= 15 is 0 Å². The van der Waals surface area contributed by atoms with E-state index in [-0.39, 0.29) is 16.3 Å². The van der Waals surface area contributed by atoms with Gasteiger partial charge in [-0.1, -0.05) is 35.3 Å². The van der Waals surface area contributed by atoms with Gasteiger partial charge in [0.2, 0.25) is 0 Å². The van der Waals surface area contributed by atoms with Crippen LogP contribution >= 0.6 is 23.2 Å². The summed E-state index contributed by atoms with van der Waals surface area (Å²) in [6, 6.07) is 9.76. The molecule has 0 aliphatic carbocycles. The van der Waals surface area contributed by atoms with Crippen LogP contribution in [0.15, 0.2) is 36.4 Å². The van der Waals surface area contributed by atoms with Gasteiger partial charge in [0.1, 0.15) is 5.75 Å². The molecule has 0 atom stereocenters. The number of carbonyl (C=O) groups excluding carboxylic acids is 1. The molecule has 0 heterocycles. The zero-order valence-electron chi connectivity index (χ0n) is 10.1. The van der Waals surface area contributed by atoms with Gasteiger partial charge >= 0.3 is 0 Å². The summed E-state index contributed by atoms with van der Waals surface area (Å²) < 4.78 is 0. The highest BCUT2D eigenvalue weighted by atomic mass is 35.5. The van der Waals surface area contributed by atoms with Crippen LogP contribution in [0.5, 0.6) is 5.75 Å². The quantitative estimate of drug-likeness (QED) is 0.870. The topological polar surface area (TPSA) is 49.3 Å². The summed E-state index contributed by atoms with van der Waals surface area (Å²) in [4.78, 5) is 12.0. The molecule has 2 N–H and O–H groups in total. The Balaban J connectivity index is 2.28. The van der Waals surface area contributed by atoms with Crippen molar-refractivity contribution in [1.82, 2.24) is 0 Å². The number of hydrogen-bond donors (Lipinski definition) is 2. The lowest BCUT2D eigenvalue weighted by Crippen LogP contribution is -2.12. The summed E-state index contributed by atoms with van der Waals surface area (Å²) in [5.41, 5.74) is 1.45. The molecule has 1 amide bonds. The lowest BCUT2D eigenvalue weighted by Gasteiger charge is -2.09. The summed E-state index contributed by atoms with van der Waals surface area (Å²) >= 11 is 11.8. The maximum atomic E-state index is 12.0. The van der Waals surface area contributed by atoms with Crippen LogP contribution in [0, 0.1) is 6.92 Å². The fourth-order valence-corrected chi connectivity index (χ4v) is 1.97. The van der Waals surface area contributed by atoms with Gasteiger partial charge in [0.15, 0.2) is 0 Å². The molecule has 0 aliphatic heterocycles. The third kappa shape index (κ3) is 3.00. The van der Waals surface area contributed by atoms with E-state index in [1.54, 1.807) is 30.3 Å². The zero-order chi connectivity index (χ0) is 14.0. The molecule has 0 aliphatic rings. The highest BCUT2D eigenvalue weighted by Gasteiger charge is 2.13. The molecule has 2 rings (SSSR count). The molecule has 5 heteroatoms. The normalized spacial score (nSPS) is 10.3. The molecule has 3 nitrogen and oxygen atoms in total. The Morgan fingerprint density at radius 2 is 1.95 bits per heavy atom. The number of phenolic OH excluding ortho intramolecular Hbond substituents is 1. The first-order chi connectivity index (χ1) is 8.99. The van der Waals surface area contributed by atoms with E-state index in [4.69, 9.17) is 23.2 Å². The van der Waals surface area contributed by atoms with Crippen molar-refractivity contribution in [2.75, 3.05) is 5.32 Å². The monoisotopic (exact) mass is 295 g/mol. The van der Waals surface area contributed by atoms with Gasteiger partial charge in [-0.25, -0.2) is 0 Å². The molecule has 98 valence electrons. The number of aromatic hydroxyl groups is 1. The third-order valence-corrected chi connectivity index (χ3v) is 3.42. The van der Waals surface area contributed by atoms with Crippen LogP contribution in [0.2, 0.25) is 10.0 Å². The number of rotatable bonds is 2. The van der Waals surface area contributed by atoms with E-state index in [1.165, 1.54) is 6.07 Å². The van der Waals surface area contributed by atoms with Crippen molar-refractivity contribution < 1.29 is 9.90 Å². The molecule has 0 unspecified atom stereocenters. The van der Waals surface area contributed by atoms with Crippen LogP contribution in [-0.2, 0) is 0 Å². The SMILES string of the molecule is Cc1ccc(C(=O)Nc2cccc(Cl)c2Cl)c(O)c1. The van der Waals surface area contributed by atoms with Crippen LogP contribution in [0.1, 0.15) is 15.9 Å². The van der Waals surface area contributed by atoms with Crippen molar-refractivity contribution in [2.45, 2.75) is 6.92 Å². The molecular formula is C14H11Cl2NO2. The number of aryl methyl sites for hydroxylation is 1. The van der Waals surface area contributed by atoms with Crippen LogP contribution in [0.25, 0.3) is 0 Å². The number of phenols is 1. The fraction of sp³-hybridized carbons (Fsp3) is 0.0714. The average Bonchev–Trinajstić information content (AvgIpc) is 2.34. The van der Waals surface area contributed by atoms with Gasteiger partial charge in [-0.05, 0) is 36.8 Å². The summed E-state index contributed by atoms with van der Waals surface area (Å²) in [7, 11) is 0. The summed E-state index contributed by atoms with van der Waals surface area (Å²) in [5.74, 6) is -0.516. The van der Waals surface area contributed by atoms with Gasteiger partial charge in [-0.3, -0.25) is 4.79 Å². The first-order valence-electron chi connectivity index (χ1n) is 5.54. The van der Waals surface area contributed by atoms with E-state index < -0.39 is 5.91 Å². The van der Waals surface area contributed by atoms with Gasteiger partial charge in [-0.2, -0.15) is 0 Å². The summed E-state index contributed by atoms with van der Waals surface area (Å²) in [5, 5.41) is 13.0. The fourth-order valence-electron chi connectivity index (χ4n) is 1.62. The van der Waals surface area contributed by atoms with Crippen LogP contribution in [0.3, 0.4) is 0 Å². The van der Waals surface area contributed by atoms with Crippen LogP contribution in [0.4, 0.5) is 5.69 Å². The standard InChI is InChI=1S/C14H11Cl2NO2/c1-8-5-6-9(12(18)7-8)14(19)17-11-4-2-3-10(15)13(11)16/h2-7,18H,1H3,(H,17,19). The van der Waals surface area contributed by atoms with Crippen molar-refractivity contribution in [3.05, 3.63) is 57.6 Å². The Morgan fingerprint density at radius 1 is 1.21 bits per heavy atom. The second-order valence-corrected chi connectivity index (χ2v) is 4.86. The zero-order valence-corrected chi connectivity index (χ0v) is 11.6. The highest BCUT2D eigenvalue weighted by Crippen LogP contribution is 2.30. The number of anilines is 1. The summed E-state index contributed by atoms with van der Waals surface area (Å²) in [6.07, 6.45) is 0. The van der Waals surface area contributed by atoms with Crippen molar-refractivity contribution >= 4 is 34.8 Å². The smallest absolute Gasteiger partial charge is 0.259 e. The van der Waals surface area contributed by atoms with Gasteiger partial charge < -0.3 is 10.4 Å². The molecule has 19 heavy (non-hydrogen) atoms. The Labute approximate surface area is 120 Å². The molecule has 0 saturated heterocycles. The lowest BCUT2D eigenvalue weighted by atomic mass is 10.1. The second-order valence-electron chi connectivity index (χ2n) is 4.08. The molecule has 2 aromatic carbocycles. The van der Waals surface area contributed by atoms with Gasteiger partial charge in [0, 0.05) is 0 Å². The maximum Gasteiger partial charge on any atom is 0.259 e. The van der Waals surface area contributed by atoms with Crippen LogP contribution < -0.4 is 5.32 Å². The Hall–Kier alpha value is -1.71. The average molecular weight is 296 g/mol. The summed E-state index contributed by atoms with van der Waals surface area (Å²) in [6.45, 7) is 1.83. The first-order valence-corrected chi connectivity index (χ1v) is 6.29. The molecule has 0 aromatic heterocycles. The van der Waals surface area contributed by atoms with E-state index in [1.807, 2.05) is 6.92 Å². The van der Waals surface area contributed by atoms with Crippen LogP contribution in [-0.4, -0.2) is 11.0 Å². The predicted octanol–water partition coefficient (Wildman–Crippen LogP) is 4.26. The van der Waals surface area contributed by atoms with E-state index in [9.17, 15) is 9.90 Å². The minimum absolute atomic E-state index is 0.0735.